The highest BCUT2D eigenvalue weighted by Gasteiger charge is 1.93. The van der Waals surface area contributed by atoms with Gasteiger partial charge in [0.2, 0.25) is 5.91 Å². The molecule has 0 aromatic rings. The molecule has 0 bridgehead atoms. The Bertz CT molecular complexity index is 133. The zero-order chi connectivity index (χ0) is 8.69. The minimum atomic E-state index is -1.80. The molecule has 0 spiro atoms. The number of carbonyl (C=O) groups excluding carboxylic acids is 1. The second-order valence-corrected chi connectivity index (χ2v) is 3.24. The lowest BCUT2D eigenvalue weighted by atomic mass is 10.2. The summed E-state index contributed by atoms with van der Waals surface area (Å²) in [6.45, 7) is 0.460. The average molecular weight is 179 g/mol. The number of carbonyl (C=O) groups is 1. The lowest BCUT2D eigenvalue weighted by Gasteiger charge is -2.00. The highest BCUT2D eigenvalue weighted by atomic mass is 31.1. The van der Waals surface area contributed by atoms with E-state index in [0.29, 0.717) is 19.4 Å². The molecular weight excluding hydrogens is 165 g/mol. The maximum Gasteiger partial charge on any atom is 0.217 e. The summed E-state index contributed by atoms with van der Waals surface area (Å²) in [6.07, 6.45) is 5.15. The molecule has 0 radical (unpaired) electrons. The Balaban J connectivity index is 3.03. The van der Waals surface area contributed by atoms with Crippen molar-refractivity contribution in [1.82, 2.24) is 0 Å². The van der Waals surface area contributed by atoms with E-state index in [1.807, 2.05) is 0 Å². The van der Waals surface area contributed by atoms with Gasteiger partial charge in [0.15, 0.2) is 0 Å². The molecule has 0 aliphatic rings. The smallest absolute Gasteiger partial charge is 0.217 e. The summed E-state index contributed by atoms with van der Waals surface area (Å²) < 4.78 is 4.82. The van der Waals surface area contributed by atoms with E-state index in [2.05, 4.69) is 6.30 Å². The van der Waals surface area contributed by atoms with Crippen LogP contribution < -0.4 is 5.73 Å². The first-order valence-electron chi connectivity index (χ1n) is 3.42. The Kier molecular flexibility index (Phi) is 6.22. The van der Waals surface area contributed by atoms with Crippen molar-refractivity contribution in [2.45, 2.75) is 19.3 Å². The van der Waals surface area contributed by atoms with Gasteiger partial charge in [-0.25, -0.2) is 0 Å². The van der Waals surface area contributed by atoms with Crippen LogP contribution in [0.3, 0.4) is 0 Å². The van der Waals surface area contributed by atoms with Gasteiger partial charge >= 0.3 is 0 Å². The summed E-state index contributed by atoms with van der Waals surface area (Å²) >= 11 is 0. The van der Waals surface area contributed by atoms with E-state index in [1.165, 1.54) is 0 Å². The molecule has 0 rings (SSSR count). The fourth-order valence-corrected chi connectivity index (χ4v) is 0.971. The minimum Gasteiger partial charge on any atom is -0.370 e. The zero-order valence-corrected chi connectivity index (χ0v) is 7.38. The van der Waals surface area contributed by atoms with E-state index in [4.69, 9.17) is 15.2 Å². The van der Waals surface area contributed by atoms with Gasteiger partial charge in [-0.3, -0.25) is 4.79 Å². The van der Waals surface area contributed by atoms with Gasteiger partial charge in [-0.1, -0.05) is 6.30 Å². The van der Waals surface area contributed by atoms with Crippen molar-refractivity contribution in [2.75, 3.05) is 6.61 Å². The van der Waals surface area contributed by atoms with Crippen LogP contribution in [-0.2, 0) is 9.32 Å². The Morgan fingerprint density at radius 1 is 1.64 bits per heavy atom. The second kappa shape index (κ2) is 6.40. The molecule has 0 aliphatic heterocycles. The summed E-state index contributed by atoms with van der Waals surface area (Å²) in [4.78, 5) is 18.9. The van der Waals surface area contributed by atoms with Crippen molar-refractivity contribution in [3.05, 3.63) is 0 Å². The SMILES string of the molecule is C=[PH](O)OCCCCC(N)=O. The largest absolute Gasteiger partial charge is 0.370 e. The summed E-state index contributed by atoms with van der Waals surface area (Å²) in [7, 11) is -1.80. The maximum absolute atomic E-state index is 10.2. The Morgan fingerprint density at radius 2 is 2.27 bits per heavy atom. The van der Waals surface area contributed by atoms with E-state index in [-0.39, 0.29) is 5.91 Å². The molecule has 0 aromatic carbocycles. The molecule has 5 heteroatoms. The van der Waals surface area contributed by atoms with Gasteiger partial charge < -0.3 is 15.2 Å². The number of unbranched alkanes of at least 4 members (excludes halogenated alkanes) is 1. The third-order valence-electron chi connectivity index (χ3n) is 1.09. The highest BCUT2D eigenvalue weighted by molar-refractivity contribution is 7.44. The summed E-state index contributed by atoms with van der Waals surface area (Å²) in [5, 5.41) is 0. The molecule has 3 N–H and O–H groups in total. The van der Waals surface area contributed by atoms with Crippen LogP contribution in [0.25, 0.3) is 0 Å². The number of hydrogen-bond acceptors (Lipinski definition) is 3. The molecule has 11 heavy (non-hydrogen) atoms. The van der Waals surface area contributed by atoms with Gasteiger partial charge in [-0.05, 0) is 12.8 Å². The van der Waals surface area contributed by atoms with E-state index in [1.54, 1.807) is 0 Å². The molecule has 0 saturated carbocycles. The summed E-state index contributed by atoms with van der Waals surface area (Å²) in [5.41, 5.74) is 4.90. The van der Waals surface area contributed by atoms with Crippen molar-refractivity contribution < 1.29 is 14.2 Å². The van der Waals surface area contributed by atoms with Crippen molar-refractivity contribution in [3.63, 3.8) is 0 Å². The molecule has 0 saturated heterocycles. The first-order chi connectivity index (χ1) is 5.13. The van der Waals surface area contributed by atoms with E-state index < -0.39 is 8.00 Å². The number of primary amides is 1. The first-order valence-corrected chi connectivity index (χ1v) is 4.98. The van der Waals surface area contributed by atoms with Crippen molar-refractivity contribution in [3.8, 4) is 0 Å². The molecule has 1 atom stereocenters. The Hall–Kier alpha value is -0.310. The third kappa shape index (κ3) is 9.69. The fourth-order valence-electron chi connectivity index (χ4n) is 0.591. The predicted molar refractivity (Wildman–Crippen MR) is 46.7 cm³/mol. The van der Waals surface area contributed by atoms with Crippen molar-refractivity contribution >= 4 is 20.2 Å². The second-order valence-electron chi connectivity index (χ2n) is 2.17. The number of rotatable bonds is 6. The fraction of sp³-hybridized carbons (Fsp3) is 0.667. The van der Waals surface area contributed by atoms with Crippen LogP contribution in [0.4, 0.5) is 0 Å². The Labute approximate surface area is 66.9 Å². The molecule has 0 heterocycles. The normalized spacial score (nSPS) is 12.8. The maximum atomic E-state index is 10.2. The van der Waals surface area contributed by atoms with Crippen LogP contribution in [0, 0.1) is 0 Å². The Morgan fingerprint density at radius 3 is 2.73 bits per heavy atom. The van der Waals surface area contributed by atoms with Crippen LogP contribution in [0.1, 0.15) is 19.3 Å². The average Bonchev–Trinajstić information content (AvgIpc) is 1.85. The van der Waals surface area contributed by atoms with E-state index >= 15 is 0 Å². The van der Waals surface area contributed by atoms with E-state index in [9.17, 15) is 4.79 Å². The van der Waals surface area contributed by atoms with Gasteiger partial charge in [0.05, 0.1) is 6.61 Å². The molecule has 1 amide bonds. The molecule has 0 fully saturated rings. The number of amides is 1. The molecule has 0 aliphatic carbocycles. The topological polar surface area (TPSA) is 72.6 Å². The molecular formula is C6H14NO3P. The van der Waals surface area contributed by atoms with Gasteiger partial charge in [0, 0.05) is 6.42 Å². The quantitative estimate of drug-likeness (QED) is 0.449. The molecule has 66 valence electrons. The summed E-state index contributed by atoms with van der Waals surface area (Å²) in [5.74, 6) is -0.297. The molecule has 4 nitrogen and oxygen atoms in total. The van der Waals surface area contributed by atoms with Crippen LogP contribution in [0.2, 0.25) is 0 Å². The van der Waals surface area contributed by atoms with Crippen LogP contribution >= 0.6 is 8.00 Å². The number of hydrogen-bond donors (Lipinski definition) is 2. The minimum absolute atomic E-state index is 0.297. The van der Waals surface area contributed by atoms with Crippen LogP contribution in [0.15, 0.2) is 0 Å². The third-order valence-corrected chi connectivity index (χ3v) is 1.62. The molecule has 0 aromatic heterocycles. The summed E-state index contributed by atoms with van der Waals surface area (Å²) in [6, 6.07) is 0. The number of nitrogens with two attached hydrogens (primary N) is 1. The van der Waals surface area contributed by atoms with Crippen molar-refractivity contribution in [2.24, 2.45) is 5.73 Å². The standard InChI is InChI=1S/C6H14NO3P/c1-11(9)10-5-3-2-4-6(7)8/h9,11H,1-5H2,(H2,7,8). The van der Waals surface area contributed by atoms with Gasteiger partial charge in [-0.15, -0.1) is 0 Å². The first kappa shape index (κ1) is 10.7. The lowest BCUT2D eigenvalue weighted by molar-refractivity contribution is -0.118. The highest BCUT2D eigenvalue weighted by Crippen LogP contribution is 2.14. The monoisotopic (exact) mass is 179 g/mol. The van der Waals surface area contributed by atoms with Gasteiger partial charge in [0.25, 0.3) is 0 Å². The van der Waals surface area contributed by atoms with Gasteiger partial charge in [0.1, 0.15) is 8.00 Å². The van der Waals surface area contributed by atoms with Crippen LogP contribution in [-0.4, -0.2) is 23.7 Å². The predicted octanol–water partition coefficient (Wildman–Crippen LogP) is 0.127. The van der Waals surface area contributed by atoms with Gasteiger partial charge in [-0.2, -0.15) is 0 Å². The lowest BCUT2D eigenvalue weighted by Crippen LogP contribution is -2.09. The van der Waals surface area contributed by atoms with Crippen molar-refractivity contribution in [1.29, 1.82) is 0 Å². The van der Waals surface area contributed by atoms with Crippen LogP contribution in [0.5, 0.6) is 0 Å². The zero-order valence-electron chi connectivity index (χ0n) is 6.38. The van der Waals surface area contributed by atoms with E-state index in [0.717, 1.165) is 6.42 Å². The molecule has 1 unspecified atom stereocenters.